The normalized spacial score (nSPS) is 19.7. The highest BCUT2D eigenvalue weighted by Crippen LogP contribution is 2.60. The van der Waals surface area contributed by atoms with Gasteiger partial charge in [0.15, 0.2) is 5.31 Å². The first-order chi connectivity index (χ1) is 20.2. The van der Waals surface area contributed by atoms with Crippen molar-refractivity contribution in [1.82, 2.24) is 9.34 Å². The number of benzene rings is 4. The van der Waals surface area contributed by atoms with E-state index in [-0.39, 0.29) is 12.0 Å². The van der Waals surface area contributed by atoms with Gasteiger partial charge in [-0.1, -0.05) is 114 Å². The molecule has 4 nitrogen and oxygen atoms in total. The lowest BCUT2D eigenvalue weighted by atomic mass is 9.89. The largest absolute Gasteiger partial charge is 0.470 e. The number of fused-ring (bicyclic) bond motifs is 1. The van der Waals surface area contributed by atoms with E-state index in [1.54, 1.807) is 0 Å². The Hall–Kier alpha value is -3.39. The molecule has 0 aromatic heterocycles. The number of rotatable bonds is 10. The maximum absolute atomic E-state index is 15.3. The van der Waals surface area contributed by atoms with Gasteiger partial charge in [0, 0.05) is 30.2 Å². The minimum Gasteiger partial charge on any atom is -0.296 e. The molecule has 0 amide bonds. The number of hydrogen-bond donors (Lipinski definition) is 0. The highest BCUT2D eigenvalue weighted by atomic mass is 31.2. The third-order valence-corrected chi connectivity index (χ3v) is 13.0. The Morgan fingerprint density at radius 2 is 1.34 bits per heavy atom. The predicted octanol–water partition coefficient (Wildman–Crippen LogP) is 8.07. The van der Waals surface area contributed by atoms with Crippen molar-refractivity contribution in [3.63, 3.8) is 0 Å². The van der Waals surface area contributed by atoms with Crippen LogP contribution in [-0.2, 0) is 15.7 Å². The van der Waals surface area contributed by atoms with Crippen LogP contribution in [0.15, 0.2) is 145 Å². The van der Waals surface area contributed by atoms with Gasteiger partial charge in [0.2, 0.25) is 7.29 Å². The van der Waals surface area contributed by atoms with Gasteiger partial charge in [-0.25, -0.2) is 4.67 Å². The summed E-state index contributed by atoms with van der Waals surface area (Å²) < 4.78 is 33.5. The van der Waals surface area contributed by atoms with Crippen LogP contribution < -0.4 is 10.6 Å². The third kappa shape index (κ3) is 5.71. The van der Waals surface area contributed by atoms with E-state index >= 15 is 4.57 Å². The van der Waals surface area contributed by atoms with E-state index in [1.165, 1.54) is 5.56 Å². The molecule has 4 aromatic carbocycles. The molecule has 1 heterocycles. The highest BCUT2D eigenvalue weighted by Gasteiger charge is 2.54. The molecule has 41 heavy (non-hydrogen) atoms. The van der Waals surface area contributed by atoms with Crippen molar-refractivity contribution in [2.24, 2.45) is 5.92 Å². The summed E-state index contributed by atoms with van der Waals surface area (Å²) in [6.07, 6.45) is 8.16. The van der Waals surface area contributed by atoms with Crippen LogP contribution in [0.2, 0.25) is 0 Å². The first-order valence-electron chi connectivity index (χ1n) is 14.3. The molecule has 2 aliphatic rings. The van der Waals surface area contributed by atoms with E-state index in [0.717, 1.165) is 34.3 Å². The maximum Gasteiger partial charge on any atom is 0.470 e. The maximum atomic E-state index is 15.3. The van der Waals surface area contributed by atoms with E-state index in [0.29, 0.717) is 19.6 Å². The van der Waals surface area contributed by atoms with E-state index in [9.17, 15) is 4.57 Å². The van der Waals surface area contributed by atoms with E-state index in [4.69, 9.17) is 0 Å². The predicted molar refractivity (Wildman–Crippen MR) is 170 cm³/mol. The second-order valence-electron chi connectivity index (χ2n) is 10.6. The Labute approximate surface area is 244 Å². The van der Waals surface area contributed by atoms with Crippen molar-refractivity contribution in [2.75, 3.05) is 13.1 Å². The molecule has 0 bridgehead atoms. The number of allylic oxidation sites excluding steroid dienone is 2. The highest BCUT2D eigenvalue weighted by molar-refractivity contribution is 7.76. The lowest BCUT2D eigenvalue weighted by Gasteiger charge is -2.33. The Bertz CT molecular complexity index is 1530. The molecule has 1 aliphatic heterocycles. The zero-order chi connectivity index (χ0) is 28.1. The van der Waals surface area contributed by atoms with Crippen LogP contribution in [-0.4, -0.2) is 22.4 Å². The van der Waals surface area contributed by atoms with E-state index in [2.05, 4.69) is 64.0 Å². The van der Waals surface area contributed by atoms with Gasteiger partial charge < -0.3 is 0 Å². The smallest absolute Gasteiger partial charge is 0.296 e. The van der Waals surface area contributed by atoms with Crippen molar-refractivity contribution in [3.8, 4) is 0 Å². The molecular formula is C35H35N2O2P2+. The van der Waals surface area contributed by atoms with Crippen molar-refractivity contribution < 1.29 is 9.13 Å². The third-order valence-electron chi connectivity index (χ3n) is 8.03. The lowest BCUT2D eigenvalue weighted by Crippen LogP contribution is -2.34. The fraction of sp³-hybridized carbons (Fsp3) is 0.200. The van der Waals surface area contributed by atoms with Crippen LogP contribution in [0.1, 0.15) is 30.0 Å². The molecule has 1 saturated heterocycles. The average Bonchev–Trinajstić information content (AvgIpc) is 3.33. The van der Waals surface area contributed by atoms with Crippen LogP contribution in [0.4, 0.5) is 0 Å². The lowest BCUT2D eigenvalue weighted by molar-refractivity contribution is 0.304. The Morgan fingerprint density at radius 3 is 1.95 bits per heavy atom. The van der Waals surface area contributed by atoms with Crippen LogP contribution in [0.5, 0.6) is 0 Å². The van der Waals surface area contributed by atoms with Gasteiger partial charge in [0.05, 0.1) is 12.0 Å². The number of nitrogens with zero attached hydrogens (tertiary/aromatic N) is 2. The summed E-state index contributed by atoms with van der Waals surface area (Å²) in [7, 11) is -4.79. The van der Waals surface area contributed by atoms with Crippen molar-refractivity contribution >= 4 is 25.9 Å². The zero-order valence-corrected chi connectivity index (χ0v) is 24.9. The van der Waals surface area contributed by atoms with Gasteiger partial charge in [-0.05, 0) is 58.9 Å². The topological polar surface area (TPSA) is 40.6 Å². The molecule has 1 fully saturated rings. The molecular weight excluding hydrogens is 542 g/mol. The van der Waals surface area contributed by atoms with E-state index < -0.39 is 15.2 Å². The van der Waals surface area contributed by atoms with Crippen molar-refractivity contribution in [3.05, 3.63) is 156 Å². The quantitative estimate of drug-likeness (QED) is 0.141. The Balaban J connectivity index is 1.32. The Morgan fingerprint density at radius 1 is 0.780 bits per heavy atom. The van der Waals surface area contributed by atoms with E-state index in [1.807, 2.05) is 84.9 Å². The summed E-state index contributed by atoms with van der Waals surface area (Å²) in [4.78, 5) is 0. The summed E-state index contributed by atoms with van der Waals surface area (Å²) in [6.45, 7) is 1.83. The van der Waals surface area contributed by atoms with Gasteiger partial charge in [-0.2, -0.15) is 0 Å². The molecule has 6 rings (SSSR count). The van der Waals surface area contributed by atoms with Gasteiger partial charge in [0.1, 0.15) is 0 Å². The van der Waals surface area contributed by atoms with Crippen LogP contribution >= 0.6 is 15.2 Å². The molecule has 4 aromatic rings. The second kappa shape index (κ2) is 12.6. The molecule has 6 heteroatoms. The minimum atomic E-state index is -3.16. The summed E-state index contributed by atoms with van der Waals surface area (Å²) in [5.41, 5.74) is 2.31. The summed E-state index contributed by atoms with van der Waals surface area (Å²) >= 11 is 0. The monoisotopic (exact) mass is 577 g/mol. The summed E-state index contributed by atoms with van der Waals surface area (Å²) in [5, 5.41) is 2.72. The summed E-state index contributed by atoms with van der Waals surface area (Å²) in [6, 6.07) is 40.5. The average molecular weight is 578 g/mol. The van der Waals surface area contributed by atoms with Gasteiger partial charge in [-0.15, -0.1) is 0 Å². The standard InChI is InChI=1S/C35H35N2O2P2/c38-40-34-25-14-13-24-33(34)35(30-18-7-2-8-19-30)37(40)27-15-26-36(28-29-16-5-1-6-17-29)41(39,31-20-9-3-10-21-31)32-22-11-4-12-23-32/h1-13,16-25,33,35H,14-15,26-28H2/q+1. The fourth-order valence-electron chi connectivity index (χ4n) is 6.09. The molecule has 3 unspecified atom stereocenters. The molecule has 0 N–H and O–H groups in total. The zero-order valence-electron chi connectivity index (χ0n) is 23.1. The molecule has 3 atom stereocenters. The van der Waals surface area contributed by atoms with Gasteiger partial charge >= 0.3 is 7.95 Å². The molecule has 0 saturated carbocycles. The summed E-state index contributed by atoms with van der Waals surface area (Å²) in [5.74, 6) is 0.134. The second-order valence-corrected chi connectivity index (χ2v) is 14.9. The van der Waals surface area contributed by atoms with Crippen molar-refractivity contribution in [1.29, 1.82) is 0 Å². The SMILES string of the molecule is O=[P+]1C2=CCC=CC2C(c2ccccc2)N1CCCN(Cc1ccccc1)P(=O)(c1ccccc1)c1ccccc1. The number of hydrogen-bond acceptors (Lipinski definition) is 2. The first-order valence-corrected chi connectivity index (χ1v) is 17.2. The first kappa shape index (κ1) is 27.8. The van der Waals surface area contributed by atoms with Gasteiger partial charge in [0.25, 0.3) is 0 Å². The van der Waals surface area contributed by atoms with Crippen molar-refractivity contribution in [2.45, 2.75) is 25.4 Å². The molecule has 0 spiro atoms. The van der Waals surface area contributed by atoms with Crippen LogP contribution in [0, 0.1) is 5.92 Å². The van der Waals surface area contributed by atoms with Gasteiger partial charge in [-0.3, -0.25) is 4.57 Å². The molecule has 1 aliphatic carbocycles. The Kier molecular flexibility index (Phi) is 8.56. The molecule has 0 radical (unpaired) electrons. The molecule has 206 valence electrons. The minimum absolute atomic E-state index is 0.0419. The van der Waals surface area contributed by atoms with Crippen LogP contribution in [0.3, 0.4) is 0 Å². The fourth-order valence-corrected chi connectivity index (χ4v) is 10.8. The van der Waals surface area contributed by atoms with Crippen LogP contribution in [0.25, 0.3) is 0 Å².